The molecule has 0 aromatic heterocycles. The first kappa shape index (κ1) is 22.7. The summed E-state index contributed by atoms with van der Waals surface area (Å²) in [5, 5.41) is 3.03. The molecule has 4 nitrogen and oxygen atoms in total. The van der Waals surface area contributed by atoms with Crippen molar-refractivity contribution in [3.8, 4) is 11.5 Å². The zero-order valence-corrected chi connectivity index (χ0v) is 14.6. The molecule has 150 valence electrons. The van der Waals surface area contributed by atoms with E-state index < -0.39 is 30.8 Å². The van der Waals surface area contributed by atoms with Gasteiger partial charge in [0.05, 0.1) is 13.5 Å². The van der Waals surface area contributed by atoms with Crippen LogP contribution in [-0.4, -0.2) is 50.7 Å². The van der Waals surface area contributed by atoms with Crippen molar-refractivity contribution in [2.45, 2.75) is 25.0 Å². The molecule has 0 amide bonds. The van der Waals surface area contributed by atoms with E-state index in [2.05, 4.69) is 10.1 Å². The summed E-state index contributed by atoms with van der Waals surface area (Å²) >= 11 is 0. The minimum atomic E-state index is -4.93. The van der Waals surface area contributed by atoms with E-state index in [1.807, 2.05) is 0 Å². The number of methoxy groups -OCH3 is 1. The maximum atomic E-state index is 13.1. The maximum absolute atomic E-state index is 13.1. The molecule has 1 aliphatic heterocycles. The lowest BCUT2D eigenvalue weighted by atomic mass is 9.99. The smallest absolute Gasteiger partial charge is 0.496 e. The first-order chi connectivity index (χ1) is 11.6. The van der Waals surface area contributed by atoms with Gasteiger partial charge >= 0.3 is 12.5 Å². The minimum Gasteiger partial charge on any atom is -0.496 e. The molecule has 26 heavy (non-hydrogen) atoms. The molecule has 1 aromatic rings. The van der Waals surface area contributed by atoms with E-state index in [1.165, 1.54) is 13.2 Å². The standard InChI is InChI=1S/C15H18F6N2O2.ClH/c1-24-13-3-2-10(25-15(19,20)21)8-11(13)12(9-14(16,17)18)23-6-4-22-5-7-23;/h2-3,8,12,22H,4-7,9H2,1H3;1H/t12-;/m0./s1. The van der Waals surface area contributed by atoms with Crippen LogP contribution in [0.2, 0.25) is 0 Å². The number of rotatable bonds is 5. The van der Waals surface area contributed by atoms with Crippen LogP contribution in [0.3, 0.4) is 0 Å². The van der Waals surface area contributed by atoms with Crippen molar-refractivity contribution in [2.75, 3.05) is 33.3 Å². The third-order valence-corrected chi connectivity index (χ3v) is 3.81. The zero-order chi connectivity index (χ0) is 18.7. The number of ether oxygens (including phenoxy) is 2. The van der Waals surface area contributed by atoms with E-state index in [4.69, 9.17) is 4.74 Å². The molecule has 1 heterocycles. The Hall–Kier alpha value is -1.39. The summed E-state index contributed by atoms with van der Waals surface area (Å²) in [4.78, 5) is 1.58. The molecule has 1 atom stereocenters. The summed E-state index contributed by atoms with van der Waals surface area (Å²) < 4.78 is 85.4. The lowest BCUT2D eigenvalue weighted by Gasteiger charge is -2.36. The van der Waals surface area contributed by atoms with Gasteiger partial charge in [0, 0.05) is 37.8 Å². The molecular formula is C15H19ClF6N2O2. The number of nitrogens with one attached hydrogen (secondary N) is 1. The Labute approximate surface area is 152 Å². The van der Waals surface area contributed by atoms with Gasteiger partial charge in [-0.2, -0.15) is 13.2 Å². The highest BCUT2D eigenvalue weighted by Crippen LogP contribution is 2.40. The number of hydrogen-bond donors (Lipinski definition) is 1. The molecule has 0 spiro atoms. The predicted molar refractivity (Wildman–Crippen MR) is 84.8 cm³/mol. The molecule has 1 saturated heterocycles. The Morgan fingerprint density at radius 3 is 2.23 bits per heavy atom. The number of halogens is 7. The molecule has 1 N–H and O–H groups in total. The van der Waals surface area contributed by atoms with Gasteiger partial charge in [-0.25, -0.2) is 0 Å². The highest BCUT2D eigenvalue weighted by Gasteiger charge is 2.38. The van der Waals surface area contributed by atoms with Crippen LogP contribution >= 0.6 is 12.4 Å². The van der Waals surface area contributed by atoms with Gasteiger partial charge in [0.2, 0.25) is 0 Å². The monoisotopic (exact) mass is 408 g/mol. The van der Waals surface area contributed by atoms with Gasteiger partial charge in [0.1, 0.15) is 11.5 Å². The van der Waals surface area contributed by atoms with Gasteiger partial charge in [-0.3, -0.25) is 4.90 Å². The van der Waals surface area contributed by atoms with E-state index in [0.717, 1.165) is 12.1 Å². The van der Waals surface area contributed by atoms with Crippen molar-refractivity contribution in [3.05, 3.63) is 23.8 Å². The van der Waals surface area contributed by atoms with Crippen LogP contribution in [0.4, 0.5) is 26.3 Å². The Morgan fingerprint density at radius 2 is 1.73 bits per heavy atom. The van der Waals surface area contributed by atoms with Crippen LogP contribution in [0.1, 0.15) is 18.0 Å². The quantitative estimate of drug-likeness (QED) is 0.749. The van der Waals surface area contributed by atoms with Gasteiger partial charge in [0.25, 0.3) is 0 Å². The Balaban J connectivity index is 0.00000338. The van der Waals surface area contributed by atoms with Crippen molar-refractivity contribution < 1.29 is 35.8 Å². The lowest BCUT2D eigenvalue weighted by molar-refractivity contribution is -0.274. The van der Waals surface area contributed by atoms with E-state index in [-0.39, 0.29) is 23.7 Å². The van der Waals surface area contributed by atoms with Crippen molar-refractivity contribution >= 4 is 12.4 Å². The largest absolute Gasteiger partial charge is 0.573 e. The molecule has 0 aliphatic carbocycles. The predicted octanol–water partition coefficient (Wildman–Crippen LogP) is 3.91. The third-order valence-electron chi connectivity index (χ3n) is 3.81. The molecule has 0 bridgehead atoms. The number of piperazine rings is 1. The third kappa shape index (κ3) is 6.73. The maximum Gasteiger partial charge on any atom is 0.573 e. The fourth-order valence-electron chi connectivity index (χ4n) is 2.82. The Morgan fingerprint density at radius 1 is 1.12 bits per heavy atom. The number of hydrogen-bond acceptors (Lipinski definition) is 4. The normalized spacial score (nSPS) is 17.3. The van der Waals surface area contributed by atoms with Gasteiger partial charge in [0.15, 0.2) is 0 Å². The molecule has 0 saturated carbocycles. The van der Waals surface area contributed by atoms with Gasteiger partial charge in [-0.1, -0.05) is 0 Å². The summed E-state index contributed by atoms with van der Waals surface area (Å²) in [6.45, 7) is 1.67. The van der Waals surface area contributed by atoms with Crippen molar-refractivity contribution in [2.24, 2.45) is 0 Å². The van der Waals surface area contributed by atoms with E-state index in [9.17, 15) is 26.3 Å². The number of benzene rings is 1. The van der Waals surface area contributed by atoms with Crippen molar-refractivity contribution in [1.29, 1.82) is 0 Å². The topological polar surface area (TPSA) is 33.7 Å². The summed E-state index contributed by atoms with van der Waals surface area (Å²) in [6.07, 6.45) is -10.6. The number of nitrogens with zero attached hydrogens (tertiary/aromatic N) is 1. The van der Waals surface area contributed by atoms with Crippen LogP contribution in [-0.2, 0) is 0 Å². The van der Waals surface area contributed by atoms with Crippen molar-refractivity contribution in [1.82, 2.24) is 10.2 Å². The molecule has 0 radical (unpaired) electrons. The fraction of sp³-hybridized carbons (Fsp3) is 0.600. The summed E-state index contributed by atoms with van der Waals surface area (Å²) in [6, 6.07) is 2.00. The van der Waals surface area contributed by atoms with Crippen LogP contribution in [0.15, 0.2) is 18.2 Å². The average Bonchev–Trinajstić information content (AvgIpc) is 2.51. The summed E-state index contributed by atoms with van der Waals surface area (Å²) in [5.41, 5.74) is 0.0171. The summed E-state index contributed by atoms with van der Waals surface area (Å²) in [7, 11) is 1.26. The fourth-order valence-corrected chi connectivity index (χ4v) is 2.82. The Bertz CT molecular complexity index is 576. The molecule has 2 rings (SSSR count). The van der Waals surface area contributed by atoms with Crippen LogP contribution in [0, 0.1) is 0 Å². The van der Waals surface area contributed by atoms with Crippen LogP contribution in [0.5, 0.6) is 11.5 Å². The lowest BCUT2D eigenvalue weighted by Crippen LogP contribution is -2.46. The minimum absolute atomic E-state index is 0. The molecule has 1 aromatic carbocycles. The van der Waals surface area contributed by atoms with Gasteiger partial charge < -0.3 is 14.8 Å². The number of alkyl halides is 6. The first-order valence-corrected chi connectivity index (χ1v) is 7.54. The summed E-state index contributed by atoms with van der Waals surface area (Å²) in [5.74, 6) is -0.493. The SMILES string of the molecule is COc1ccc(OC(F)(F)F)cc1[C@H](CC(F)(F)F)N1CCNCC1.Cl. The van der Waals surface area contributed by atoms with E-state index in [0.29, 0.717) is 26.2 Å². The second-order valence-electron chi connectivity index (χ2n) is 5.57. The van der Waals surface area contributed by atoms with E-state index >= 15 is 0 Å². The molecule has 0 unspecified atom stereocenters. The molecule has 1 aliphatic rings. The van der Waals surface area contributed by atoms with Gasteiger partial charge in [-0.05, 0) is 18.2 Å². The molecule has 1 fully saturated rings. The van der Waals surface area contributed by atoms with E-state index in [1.54, 1.807) is 4.90 Å². The highest BCUT2D eigenvalue weighted by molar-refractivity contribution is 5.85. The average molecular weight is 409 g/mol. The van der Waals surface area contributed by atoms with Crippen LogP contribution in [0.25, 0.3) is 0 Å². The second-order valence-corrected chi connectivity index (χ2v) is 5.57. The molecule has 11 heteroatoms. The Kier molecular flexibility index (Phi) is 7.85. The molecular weight excluding hydrogens is 390 g/mol. The highest BCUT2D eigenvalue weighted by atomic mass is 35.5. The van der Waals surface area contributed by atoms with Crippen LogP contribution < -0.4 is 14.8 Å². The zero-order valence-electron chi connectivity index (χ0n) is 13.8. The van der Waals surface area contributed by atoms with Crippen molar-refractivity contribution in [3.63, 3.8) is 0 Å². The second kappa shape index (κ2) is 9.01. The van der Waals surface area contributed by atoms with Gasteiger partial charge in [-0.15, -0.1) is 25.6 Å². The first-order valence-electron chi connectivity index (χ1n) is 7.54.